The van der Waals surface area contributed by atoms with E-state index in [4.69, 9.17) is 27.9 Å². The van der Waals surface area contributed by atoms with Crippen LogP contribution >= 0.6 is 23.2 Å². The number of esters is 1. The van der Waals surface area contributed by atoms with Gasteiger partial charge in [-0.25, -0.2) is 4.79 Å². The Bertz CT molecular complexity index is 1090. The lowest BCUT2D eigenvalue weighted by atomic mass is 9.75. The predicted molar refractivity (Wildman–Crippen MR) is 123 cm³/mol. The Morgan fingerprint density at radius 3 is 2.45 bits per heavy atom. The van der Waals surface area contributed by atoms with E-state index in [1.807, 2.05) is 18.2 Å². The molecule has 3 rings (SSSR count). The molecule has 1 aliphatic rings. The molecule has 0 spiro atoms. The van der Waals surface area contributed by atoms with Gasteiger partial charge in [-0.3, -0.25) is 9.79 Å². The Kier molecular flexibility index (Phi) is 7.31. The first-order chi connectivity index (χ1) is 14.8. The predicted octanol–water partition coefficient (Wildman–Crippen LogP) is 5.78. The van der Waals surface area contributed by atoms with Crippen LogP contribution < -0.4 is 0 Å². The van der Waals surface area contributed by atoms with Crippen molar-refractivity contribution >= 4 is 46.9 Å². The van der Waals surface area contributed by atoms with Crippen LogP contribution in [0.5, 0.6) is 0 Å². The van der Waals surface area contributed by atoms with Crippen molar-refractivity contribution in [2.45, 2.75) is 19.8 Å². The fourth-order valence-corrected chi connectivity index (χ4v) is 3.97. The van der Waals surface area contributed by atoms with Gasteiger partial charge in [0, 0.05) is 27.4 Å². The summed E-state index contributed by atoms with van der Waals surface area (Å²) >= 11 is 12.0. The Hall–Kier alpha value is -2.89. The SMILES string of the molecule is CC1=NC(C)=C(C(=O)OCC=Cc2ccc(Cl)cc2)C(c2cccc(Cl)c2)C1C(=O)O. The van der Waals surface area contributed by atoms with Gasteiger partial charge in [-0.15, -0.1) is 0 Å². The summed E-state index contributed by atoms with van der Waals surface area (Å²) in [6, 6.07) is 14.1. The minimum absolute atomic E-state index is 0.0287. The number of aliphatic imine (C=N–C) groups is 1. The Labute approximate surface area is 190 Å². The van der Waals surface area contributed by atoms with Gasteiger partial charge in [0.2, 0.25) is 0 Å². The van der Waals surface area contributed by atoms with Crippen LogP contribution in [0.1, 0.15) is 30.9 Å². The van der Waals surface area contributed by atoms with E-state index in [2.05, 4.69) is 4.99 Å². The highest BCUT2D eigenvalue weighted by Gasteiger charge is 2.41. The second-order valence-corrected chi connectivity index (χ2v) is 8.03. The van der Waals surface area contributed by atoms with Gasteiger partial charge < -0.3 is 9.84 Å². The molecule has 0 saturated heterocycles. The van der Waals surface area contributed by atoms with E-state index >= 15 is 0 Å². The molecule has 0 fully saturated rings. The number of hydrogen-bond donors (Lipinski definition) is 1. The van der Waals surface area contributed by atoms with Crippen LogP contribution in [-0.2, 0) is 14.3 Å². The number of carboxylic acids is 1. The van der Waals surface area contributed by atoms with Gasteiger partial charge >= 0.3 is 11.9 Å². The van der Waals surface area contributed by atoms with E-state index in [0.717, 1.165) is 5.56 Å². The van der Waals surface area contributed by atoms with E-state index in [9.17, 15) is 14.7 Å². The van der Waals surface area contributed by atoms with Crippen molar-refractivity contribution in [3.63, 3.8) is 0 Å². The van der Waals surface area contributed by atoms with Crippen LogP contribution in [0.4, 0.5) is 0 Å². The van der Waals surface area contributed by atoms with Gasteiger partial charge in [0.15, 0.2) is 0 Å². The van der Waals surface area contributed by atoms with Gasteiger partial charge in [-0.2, -0.15) is 0 Å². The third-order valence-electron chi connectivity index (χ3n) is 5.01. The average Bonchev–Trinajstić information content (AvgIpc) is 2.71. The molecule has 0 amide bonds. The lowest BCUT2D eigenvalue weighted by Crippen LogP contribution is -2.35. The third-order valence-corrected chi connectivity index (χ3v) is 5.50. The molecule has 0 saturated carbocycles. The molecule has 31 heavy (non-hydrogen) atoms. The number of carbonyl (C=O) groups is 2. The van der Waals surface area contributed by atoms with Crippen LogP contribution in [0.25, 0.3) is 6.08 Å². The molecule has 0 radical (unpaired) electrons. The van der Waals surface area contributed by atoms with Crippen LogP contribution in [0.2, 0.25) is 10.0 Å². The Balaban J connectivity index is 1.86. The molecule has 160 valence electrons. The lowest BCUT2D eigenvalue weighted by Gasteiger charge is -2.30. The quantitative estimate of drug-likeness (QED) is 0.557. The Morgan fingerprint density at radius 2 is 1.81 bits per heavy atom. The van der Waals surface area contributed by atoms with Crippen molar-refractivity contribution in [2.24, 2.45) is 10.9 Å². The van der Waals surface area contributed by atoms with Gasteiger partial charge in [0.1, 0.15) is 12.5 Å². The van der Waals surface area contributed by atoms with Gasteiger partial charge in [-0.05, 0) is 55.3 Å². The first kappa shape index (κ1) is 22.8. The van der Waals surface area contributed by atoms with Crippen LogP contribution in [0, 0.1) is 5.92 Å². The van der Waals surface area contributed by atoms with E-state index < -0.39 is 23.8 Å². The average molecular weight is 458 g/mol. The summed E-state index contributed by atoms with van der Waals surface area (Å²) in [5.41, 5.74) is 2.62. The van der Waals surface area contributed by atoms with Gasteiger partial charge in [-0.1, -0.05) is 53.5 Å². The number of aliphatic carboxylic acids is 1. The van der Waals surface area contributed by atoms with Crippen molar-refractivity contribution in [3.05, 3.63) is 87.0 Å². The molecule has 0 aliphatic carbocycles. The molecule has 2 aromatic rings. The highest BCUT2D eigenvalue weighted by atomic mass is 35.5. The molecule has 5 nitrogen and oxygen atoms in total. The van der Waals surface area contributed by atoms with Gasteiger partial charge in [0.25, 0.3) is 0 Å². The number of ether oxygens (including phenoxy) is 1. The smallest absolute Gasteiger partial charge is 0.336 e. The zero-order valence-electron chi connectivity index (χ0n) is 17.0. The molecule has 2 unspecified atom stereocenters. The van der Waals surface area contributed by atoms with Crippen LogP contribution in [0.15, 0.2) is 70.9 Å². The summed E-state index contributed by atoms with van der Waals surface area (Å²) in [4.78, 5) is 29.3. The van der Waals surface area contributed by atoms with E-state index in [1.165, 1.54) is 0 Å². The molecule has 2 aromatic carbocycles. The van der Waals surface area contributed by atoms with Crippen LogP contribution in [-0.4, -0.2) is 29.4 Å². The third kappa shape index (κ3) is 5.43. The summed E-state index contributed by atoms with van der Waals surface area (Å²) in [6.07, 6.45) is 3.51. The maximum absolute atomic E-state index is 13.0. The fraction of sp³-hybridized carbons (Fsp3) is 0.208. The summed E-state index contributed by atoms with van der Waals surface area (Å²) < 4.78 is 5.44. The lowest BCUT2D eigenvalue weighted by molar-refractivity contribution is -0.140. The fourth-order valence-electron chi connectivity index (χ4n) is 3.64. The molecule has 0 bridgehead atoms. The number of carboxylic acid groups (broad SMARTS) is 1. The second-order valence-electron chi connectivity index (χ2n) is 7.15. The topological polar surface area (TPSA) is 76.0 Å². The molecular formula is C24H21Cl2NO4. The van der Waals surface area contributed by atoms with Crippen molar-refractivity contribution in [3.8, 4) is 0 Å². The summed E-state index contributed by atoms with van der Waals surface area (Å²) in [6.45, 7) is 3.36. The molecule has 1 N–H and O–H groups in total. The minimum Gasteiger partial charge on any atom is -0.481 e. The first-order valence-corrected chi connectivity index (χ1v) is 10.4. The molecule has 1 heterocycles. The normalized spacial score (nSPS) is 18.8. The van der Waals surface area contributed by atoms with Crippen molar-refractivity contribution < 1.29 is 19.4 Å². The molecule has 0 aromatic heterocycles. The maximum Gasteiger partial charge on any atom is 0.336 e. The van der Waals surface area contributed by atoms with Crippen molar-refractivity contribution in [2.75, 3.05) is 6.61 Å². The standard InChI is InChI=1S/C24H21Cl2NO4/c1-14-20(23(28)29)22(17-6-3-7-19(26)13-17)21(15(2)27-14)24(30)31-12-4-5-16-8-10-18(25)11-9-16/h3-11,13,20,22H,12H2,1-2H3,(H,28,29). The molecule has 2 atom stereocenters. The summed E-state index contributed by atoms with van der Waals surface area (Å²) in [7, 11) is 0. The minimum atomic E-state index is -1.06. The number of hydrogen-bond acceptors (Lipinski definition) is 4. The monoisotopic (exact) mass is 457 g/mol. The number of benzene rings is 2. The zero-order chi connectivity index (χ0) is 22.5. The molecular weight excluding hydrogens is 437 g/mol. The second kappa shape index (κ2) is 9.94. The highest BCUT2D eigenvalue weighted by Crippen LogP contribution is 2.40. The molecule has 7 heteroatoms. The number of carbonyl (C=O) groups excluding carboxylic acids is 1. The maximum atomic E-state index is 13.0. The van der Waals surface area contributed by atoms with Crippen LogP contribution in [0.3, 0.4) is 0 Å². The number of nitrogens with zero attached hydrogens (tertiary/aromatic N) is 1. The summed E-state index contributed by atoms with van der Waals surface area (Å²) in [5, 5.41) is 10.9. The van der Waals surface area contributed by atoms with Gasteiger partial charge in [0.05, 0.1) is 5.57 Å². The number of halogens is 2. The van der Waals surface area contributed by atoms with E-state index in [-0.39, 0.29) is 12.2 Å². The Morgan fingerprint density at radius 1 is 1.10 bits per heavy atom. The largest absolute Gasteiger partial charge is 0.481 e. The van der Waals surface area contributed by atoms with E-state index in [1.54, 1.807) is 56.3 Å². The number of allylic oxidation sites excluding steroid dienone is 1. The zero-order valence-corrected chi connectivity index (χ0v) is 18.5. The van der Waals surface area contributed by atoms with Crippen molar-refractivity contribution in [1.29, 1.82) is 0 Å². The first-order valence-electron chi connectivity index (χ1n) is 9.61. The van der Waals surface area contributed by atoms with E-state index in [0.29, 0.717) is 27.0 Å². The summed E-state index contributed by atoms with van der Waals surface area (Å²) in [5.74, 6) is -3.41. The number of rotatable bonds is 6. The highest BCUT2D eigenvalue weighted by molar-refractivity contribution is 6.30. The van der Waals surface area contributed by atoms with Crippen molar-refractivity contribution in [1.82, 2.24) is 0 Å². The molecule has 1 aliphatic heterocycles.